The van der Waals surface area contributed by atoms with E-state index >= 15 is 0 Å². The van der Waals surface area contributed by atoms with Crippen molar-refractivity contribution >= 4 is 0 Å². The molecule has 0 heterocycles. The fourth-order valence-electron chi connectivity index (χ4n) is 1.40. The number of rotatable bonds is 7. The van der Waals surface area contributed by atoms with Crippen molar-refractivity contribution in [1.82, 2.24) is 5.32 Å². The fraction of sp³-hybridized carbons (Fsp3) is 0.538. The molecule has 0 aliphatic carbocycles. The summed E-state index contributed by atoms with van der Waals surface area (Å²) in [7, 11) is 0. The van der Waals surface area contributed by atoms with Gasteiger partial charge in [-0.2, -0.15) is 0 Å². The van der Waals surface area contributed by atoms with Gasteiger partial charge in [0.2, 0.25) is 0 Å². The van der Waals surface area contributed by atoms with E-state index in [1.54, 1.807) is 0 Å². The largest absolute Gasteiger partial charge is 1.00 e. The summed E-state index contributed by atoms with van der Waals surface area (Å²) in [5.41, 5.74) is 1.31. The third-order valence-corrected chi connectivity index (χ3v) is 2.27. The van der Waals surface area contributed by atoms with Crippen LogP contribution in [0.1, 0.15) is 32.3 Å². The smallest absolute Gasteiger partial charge is 0.119 e. The zero-order valence-corrected chi connectivity index (χ0v) is 10.9. The molecule has 0 amide bonds. The van der Waals surface area contributed by atoms with E-state index in [4.69, 9.17) is 4.74 Å². The summed E-state index contributed by atoms with van der Waals surface area (Å²) >= 11 is 0. The molecule has 3 heteroatoms. The van der Waals surface area contributed by atoms with Crippen LogP contribution in [0.4, 0.5) is 0 Å². The summed E-state index contributed by atoms with van der Waals surface area (Å²) in [4.78, 5) is 0. The zero-order valence-electron chi connectivity index (χ0n) is 10.1. The first-order valence-corrected chi connectivity index (χ1v) is 5.79. The lowest BCUT2D eigenvalue weighted by Gasteiger charge is -2.06. The molecule has 0 aliphatic heterocycles. The van der Waals surface area contributed by atoms with Gasteiger partial charge in [0.1, 0.15) is 5.75 Å². The van der Waals surface area contributed by atoms with Crippen molar-refractivity contribution in [3.05, 3.63) is 29.8 Å². The Morgan fingerprint density at radius 1 is 1.12 bits per heavy atom. The van der Waals surface area contributed by atoms with E-state index in [-0.39, 0.29) is 12.4 Å². The molecule has 0 aromatic heterocycles. The third-order valence-electron chi connectivity index (χ3n) is 2.27. The van der Waals surface area contributed by atoms with E-state index in [2.05, 4.69) is 24.4 Å². The highest BCUT2D eigenvalue weighted by atomic mass is 35.5. The number of benzene rings is 1. The molecule has 1 aromatic carbocycles. The fourth-order valence-corrected chi connectivity index (χ4v) is 1.40. The average molecular weight is 243 g/mol. The van der Waals surface area contributed by atoms with Crippen LogP contribution in [0, 0.1) is 0 Å². The summed E-state index contributed by atoms with van der Waals surface area (Å²) in [6.07, 6.45) is 2.49. The molecule has 2 nitrogen and oxygen atoms in total. The van der Waals surface area contributed by atoms with Gasteiger partial charge in [0, 0.05) is 6.54 Å². The molecule has 0 bridgehead atoms. The maximum absolute atomic E-state index is 5.38. The van der Waals surface area contributed by atoms with Crippen LogP contribution in [0.25, 0.3) is 0 Å². The van der Waals surface area contributed by atoms with E-state index in [1.165, 1.54) is 18.4 Å². The van der Waals surface area contributed by atoms with Gasteiger partial charge >= 0.3 is 0 Å². The van der Waals surface area contributed by atoms with E-state index in [9.17, 15) is 0 Å². The molecular formula is C13H21ClNO-. The highest BCUT2D eigenvalue weighted by molar-refractivity contribution is 5.27. The van der Waals surface area contributed by atoms with Crippen LogP contribution in [-0.2, 0) is 6.54 Å². The molecule has 1 rings (SSSR count). The summed E-state index contributed by atoms with van der Waals surface area (Å²) < 4.78 is 5.38. The summed E-state index contributed by atoms with van der Waals surface area (Å²) in [5, 5.41) is 3.41. The molecule has 0 unspecified atom stereocenters. The standard InChI is InChI=1S/C13H21NO.ClH/c1-3-5-10-14-11-12-6-8-13(9-7-12)15-4-2;/h6-9,14H,3-5,10-11H2,1-2H3;1H/p-1. The van der Waals surface area contributed by atoms with Crippen molar-refractivity contribution in [3.8, 4) is 5.75 Å². The molecule has 0 saturated heterocycles. The van der Waals surface area contributed by atoms with E-state index < -0.39 is 0 Å². The topological polar surface area (TPSA) is 21.3 Å². The summed E-state index contributed by atoms with van der Waals surface area (Å²) in [5.74, 6) is 0.954. The van der Waals surface area contributed by atoms with Crippen LogP contribution in [0.3, 0.4) is 0 Å². The molecule has 0 saturated carbocycles. The van der Waals surface area contributed by atoms with E-state index in [0.717, 1.165) is 25.4 Å². The Bertz CT molecular complexity index is 261. The predicted molar refractivity (Wildman–Crippen MR) is 64.2 cm³/mol. The monoisotopic (exact) mass is 242 g/mol. The summed E-state index contributed by atoms with van der Waals surface area (Å²) in [6.45, 7) is 6.99. The Morgan fingerprint density at radius 3 is 2.38 bits per heavy atom. The minimum atomic E-state index is 0. The van der Waals surface area contributed by atoms with E-state index in [1.807, 2.05) is 19.1 Å². The van der Waals surface area contributed by atoms with Gasteiger partial charge < -0.3 is 22.5 Å². The lowest BCUT2D eigenvalue weighted by Crippen LogP contribution is -3.00. The first kappa shape index (κ1) is 15.3. The van der Waals surface area contributed by atoms with E-state index in [0.29, 0.717) is 0 Å². The number of hydrogen-bond acceptors (Lipinski definition) is 2. The minimum Gasteiger partial charge on any atom is -1.00 e. The second kappa shape index (κ2) is 9.49. The highest BCUT2D eigenvalue weighted by Gasteiger charge is 1.94. The second-order valence-corrected chi connectivity index (χ2v) is 3.61. The lowest BCUT2D eigenvalue weighted by atomic mass is 10.2. The van der Waals surface area contributed by atoms with Gasteiger partial charge in [-0.3, -0.25) is 0 Å². The molecule has 0 atom stereocenters. The maximum Gasteiger partial charge on any atom is 0.119 e. The molecule has 92 valence electrons. The van der Waals surface area contributed by atoms with Crippen molar-refractivity contribution in [2.45, 2.75) is 33.2 Å². The van der Waals surface area contributed by atoms with Crippen LogP contribution < -0.4 is 22.5 Å². The normalized spacial score (nSPS) is 9.62. The average Bonchev–Trinajstić information content (AvgIpc) is 2.27. The minimum absolute atomic E-state index is 0. The maximum atomic E-state index is 5.38. The Morgan fingerprint density at radius 2 is 1.81 bits per heavy atom. The van der Waals surface area contributed by atoms with Gasteiger partial charge in [0.05, 0.1) is 6.61 Å². The van der Waals surface area contributed by atoms with Crippen molar-refractivity contribution in [1.29, 1.82) is 0 Å². The van der Waals surface area contributed by atoms with Gasteiger partial charge in [-0.15, -0.1) is 0 Å². The molecule has 0 radical (unpaired) electrons. The van der Waals surface area contributed by atoms with Crippen LogP contribution in [-0.4, -0.2) is 13.2 Å². The number of ether oxygens (including phenoxy) is 1. The van der Waals surface area contributed by atoms with Crippen molar-refractivity contribution in [2.75, 3.05) is 13.2 Å². The van der Waals surface area contributed by atoms with Crippen LogP contribution in [0.15, 0.2) is 24.3 Å². The number of hydrogen-bond donors (Lipinski definition) is 1. The van der Waals surface area contributed by atoms with Crippen molar-refractivity contribution in [2.24, 2.45) is 0 Å². The molecule has 0 fully saturated rings. The molecule has 0 spiro atoms. The number of halogens is 1. The van der Waals surface area contributed by atoms with Crippen LogP contribution >= 0.6 is 0 Å². The first-order valence-electron chi connectivity index (χ1n) is 5.79. The SMILES string of the molecule is CCCCNCc1ccc(OCC)cc1.[Cl-]. The summed E-state index contributed by atoms with van der Waals surface area (Å²) in [6, 6.07) is 8.29. The molecule has 1 N–H and O–H groups in total. The highest BCUT2D eigenvalue weighted by Crippen LogP contribution is 2.11. The van der Waals surface area contributed by atoms with Crippen molar-refractivity contribution in [3.63, 3.8) is 0 Å². The van der Waals surface area contributed by atoms with Crippen molar-refractivity contribution < 1.29 is 17.1 Å². The Kier molecular flexibility index (Phi) is 9.06. The third kappa shape index (κ3) is 5.99. The molecule has 16 heavy (non-hydrogen) atoms. The second-order valence-electron chi connectivity index (χ2n) is 3.61. The zero-order chi connectivity index (χ0) is 10.9. The Hall–Kier alpha value is -0.730. The van der Waals surface area contributed by atoms with Gasteiger partial charge in [0.25, 0.3) is 0 Å². The van der Waals surface area contributed by atoms with Gasteiger partial charge in [0.15, 0.2) is 0 Å². The molecule has 0 aliphatic rings. The lowest BCUT2D eigenvalue weighted by molar-refractivity contribution is -0.00000382. The number of nitrogens with one attached hydrogen (secondary N) is 1. The quantitative estimate of drug-likeness (QED) is 0.679. The first-order chi connectivity index (χ1) is 7.36. The van der Waals surface area contributed by atoms with Gasteiger partial charge in [-0.25, -0.2) is 0 Å². The van der Waals surface area contributed by atoms with Crippen LogP contribution in [0.5, 0.6) is 5.75 Å². The Labute approximate surface area is 105 Å². The Balaban J connectivity index is 0.00000225. The number of unbranched alkanes of at least 4 members (excludes halogenated alkanes) is 1. The molecular weight excluding hydrogens is 222 g/mol. The van der Waals surface area contributed by atoms with Crippen LogP contribution in [0.2, 0.25) is 0 Å². The van der Waals surface area contributed by atoms with Gasteiger partial charge in [-0.05, 0) is 37.6 Å². The van der Waals surface area contributed by atoms with Gasteiger partial charge in [-0.1, -0.05) is 25.5 Å². The molecule has 1 aromatic rings. The predicted octanol–water partition coefficient (Wildman–Crippen LogP) is -0.0210.